The monoisotopic (exact) mass is 232 g/mol. The summed E-state index contributed by atoms with van der Waals surface area (Å²) in [6.07, 6.45) is 1.44. The lowest BCUT2D eigenvalue weighted by molar-refractivity contribution is -0.00641. The molecule has 1 saturated heterocycles. The van der Waals surface area contributed by atoms with Crippen LogP contribution in [0.15, 0.2) is 0 Å². The van der Waals surface area contributed by atoms with Crippen LogP contribution in [-0.2, 0) is 9.47 Å². The van der Waals surface area contributed by atoms with E-state index in [-0.39, 0.29) is 0 Å². The van der Waals surface area contributed by atoms with Gasteiger partial charge < -0.3 is 25.2 Å². The zero-order valence-electron chi connectivity index (χ0n) is 9.41. The highest BCUT2D eigenvalue weighted by molar-refractivity contribution is 5.64. The predicted octanol–water partition coefficient (Wildman–Crippen LogP) is 0.0392. The van der Waals surface area contributed by atoms with Crippen LogP contribution in [0.4, 0.5) is 4.79 Å². The van der Waals surface area contributed by atoms with Gasteiger partial charge in [-0.1, -0.05) is 0 Å². The number of rotatable bonds is 7. The minimum atomic E-state index is -1.02. The van der Waals surface area contributed by atoms with E-state index in [1.54, 1.807) is 0 Å². The van der Waals surface area contributed by atoms with Crippen molar-refractivity contribution in [3.8, 4) is 0 Å². The van der Waals surface area contributed by atoms with Crippen molar-refractivity contribution < 1.29 is 19.4 Å². The molecule has 1 amide bonds. The summed E-state index contributed by atoms with van der Waals surface area (Å²) in [6, 6.07) is 0. The first-order valence-corrected chi connectivity index (χ1v) is 5.66. The van der Waals surface area contributed by atoms with Crippen LogP contribution in [0, 0.1) is 0 Å². The minimum Gasteiger partial charge on any atom is -0.465 e. The van der Waals surface area contributed by atoms with Crippen LogP contribution in [0.5, 0.6) is 0 Å². The third-order valence-corrected chi connectivity index (χ3v) is 2.39. The van der Waals surface area contributed by atoms with Gasteiger partial charge in [-0.05, 0) is 25.9 Å². The topological polar surface area (TPSA) is 79.8 Å². The molecule has 0 atom stereocenters. The van der Waals surface area contributed by atoms with Crippen LogP contribution < -0.4 is 10.6 Å². The molecule has 3 N–H and O–H groups in total. The van der Waals surface area contributed by atoms with E-state index in [9.17, 15) is 4.79 Å². The van der Waals surface area contributed by atoms with Crippen molar-refractivity contribution in [3.63, 3.8) is 0 Å². The lowest BCUT2D eigenvalue weighted by Gasteiger charge is -2.22. The van der Waals surface area contributed by atoms with Gasteiger partial charge in [-0.15, -0.1) is 0 Å². The fourth-order valence-corrected chi connectivity index (χ4v) is 1.57. The molecule has 1 aliphatic rings. The van der Waals surface area contributed by atoms with Gasteiger partial charge in [0.15, 0.2) is 0 Å². The molecule has 6 nitrogen and oxygen atoms in total. The van der Waals surface area contributed by atoms with E-state index >= 15 is 0 Å². The summed E-state index contributed by atoms with van der Waals surface area (Å²) in [5, 5.41) is 13.8. The van der Waals surface area contributed by atoms with Gasteiger partial charge in [0, 0.05) is 6.54 Å². The summed E-state index contributed by atoms with van der Waals surface area (Å²) in [5.74, 6) is 0. The van der Waals surface area contributed by atoms with E-state index in [2.05, 4.69) is 10.6 Å². The lowest BCUT2D eigenvalue weighted by Crippen LogP contribution is -2.33. The second kappa shape index (κ2) is 8.32. The van der Waals surface area contributed by atoms with Gasteiger partial charge >= 0.3 is 6.09 Å². The number of ether oxygens (including phenoxy) is 2. The number of hydrogen-bond acceptors (Lipinski definition) is 4. The third-order valence-electron chi connectivity index (χ3n) is 2.39. The van der Waals surface area contributed by atoms with Crippen molar-refractivity contribution in [2.75, 3.05) is 39.5 Å². The van der Waals surface area contributed by atoms with Crippen molar-refractivity contribution in [1.29, 1.82) is 0 Å². The molecule has 0 aromatic rings. The number of carbonyl (C=O) groups is 1. The number of nitrogens with one attached hydrogen (secondary N) is 2. The normalized spacial score (nSPS) is 17.2. The quantitative estimate of drug-likeness (QED) is 0.540. The fraction of sp³-hybridized carbons (Fsp3) is 0.900. The fourth-order valence-electron chi connectivity index (χ4n) is 1.57. The van der Waals surface area contributed by atoms with E-state index < -0.39 is 6.09 Å². The molecular weight excluding hydrogens is 212 g/mol. The smallest absolute Gasteiger partial charge is 0.404 e. The Morgan fingerprint density at radius 2 is 2.06 bits per heavy atom. The SMILES string of the molecule is O=C(O)NCCOCCOC1CCNCC1. The summed E-state index contributed by atoms with van der Waals surface area (Å²) < 4.78 is 10.8. The molecule has 0 spiro atoms. The van der Waals surface area contributed by atoms with Crippen LogP contribution in [-0.4, -0.2) is 56.8 Å². The molecule has 0 saturated carbocycles. The van der Waals surface area contributed by atoms with Crippen molar-refractivity contribution >= 4 is 6.09 Å². The summed E-state index contributed by atoms with van der Waals surface area (Å²) in [4.78, 5) is 10.1. The molecule has 6 heteroatoms. The van der Waals surface area contributed by atoms with Gasteiger partial charge in [-0.25, -0.2) is 4.79 Å². The number of hydrogen-bond donors (Lipinski definition) is 3. The van der Waals surface area contributed by atoms with E-state index in [0.717, 1.165) is 25.9 Å². The zero-order chi connectivity index (χ0) is 11.6. The van der Waals surface area contributed by atoms with Gasteiger partial charge in [0.2, 0.25) is 0 Å². The summed E-state index contributed by atoms with van der Waals surface area (Å²) in [6.45, 7) is 3.86. The van der Waals surface area contributed by atoms with E-state index in [0.29, 0.717) is 32.5 Å². The van der Waals surface area contributed by atoms with Gasteiger partial charge in [0.1, 0.15) is 0 Å². The lowest BCUT2D eigenvalue weighted by atomic mass is 10.1. The Balaban J connectivity index is 1.82. The highest BCUT2D eigenvalue weighted by atomic mass is 16.5. The number of carboxylic acid groups (broad SMARTS) is 1. The first kappa shape index (κ1) is 13.2. The molecule has 0 aliphatic carbocycles. The Hall–Kier alpha value is -0.850. The largest absolute Gasteiger partial charge is 0.465 e. The molecule has 1 aliphatic heterocycles. The Morgan fingerprint density at radius 3 is 2.75 bits per heavy atom. The standard InChI is InChI=1S/C10H20N2O4/c13-10(14)12-5-6-15-7-8-16-9-1-3-11-4-2-9/h9,11-12H,1-8H2,(H,13,14). The summed E-state index contributed by atoms with van der Waals surface area (Å²) >= 11 is 0. The summed E-state index contributed by atoms with van der Waals surface area (Å²) in [7, 11) is 0. The Bertz CT molecular complexity index is 195. The van der Waals surface area contributed by atoms with Crippen LogP contribution in [0.25, 0.3) is 0 Å². The van der Waals surface area contributed by atoms with Gasteiger partial charge in [0.05, 0.1) is 25.9 Å². The van der Waals surface area contributed by atoms with Crippen LogP contribution >= 0.6 is 0 Å². The van der Waals surface area contributed by atoms with Crippen LogP contribution in [0.2, 0.25) is 0 Å². The molecule has 94 valence electrons. The minimum absolute atomic E-state index is 0.322. The molecule has 0 bridgehead atoms. The maximum atomic E-state index is 10.1. The highest BCUT2D eigenvalue weighted by Crippen LogP contribution is 2.06. The average molecular weight is 232 g/mol. The Morgan fingerprint density at radius 1 is 1.31 bits per heavy atom. The highest BCUT2D eigenvalue weighted by Gasteiger charge is 2.12. The predicted molar refractivity (Wildman–Crippen MR) is 58.7 cm³/mol. The third kappa shape index (κ3) is 6.60. The van der Waals surface area contributed by atoms with Crippen molar-refractivity contribution in [3.05, 3.63) is 0 Å². The van der Waals surface area contributed by atoms with Crippen LogP contribution in [0.1, 0.15) is 12.8 Å². The van der Waals surface area contributed by atoms with Gasteiger partial charge in [0.25, 0.3) is 0 Å². The molecular formula is C10H20N2O4. The molecule has 1 heterocycles. The maximum Gasteiger partial charge on any atom is 0.404 e. The second-order valence-corrected chi connectivity index (χ2v) is 3.66. The van der Waals surface area contributed by atoms with Crippen molar-refractivity contribution in [2.45, 2.75) is 18.9 Å². The maximum absolute atomic E-state index is 10.1. The first-order chi connectivity index (χ1) is 7.79. The van der Waals surface area contributed by atoms with Crippen molar-refractivity contribution in [1.82, 2.24) is 10.6 Å². The zero-order valence-corrected chi connectivity index (χ0v) is 9.41. The molecule has 1 rings (SSSR count). The molecule has 1 fully saturated rings. The molecule has 0 unspecified atom stereocenters. The Labute approximate surface area is 95.3 Å². The first-order valence-electron chi connectivity index (χ1n) is 5.66. The van der Waals surface area contributed by atoms with E-state index in [4.69, 9.17) is 14.6 Å². The van der Waals surface area contributed by atoms with E-state index in [1.165, 1.54) is 0 Å². The molecule has 0 aromatic heterocycles. The van der Waals surface area contributed by atoms with E-state index in [1.807, 2.05) is 0 Å². The molecule has 16 heavy (non-hydrogen) atoms. The van der Waals surface area contributed by atoms with Crippen molar-refractivity contribution in [2.24, 2.45) is 0 Å². The van der Waals surface area contributed by atoms with Crippen LogP contribution in [0.3, 0.4) is 0 Å². The molecule has 0 radical (unpaired) electrons. The second-order valence-electron chi connectivity index (χ2n) is 3.66. The molecule has 0 aromatic carbocycles. The van der Waals surface area contributed by atoms with Gasteiger partial charge in [-0.2, -0.15) is 0 Å². The Kier molecular flexibility index (Phi) is 6.87. The number of amides is 1. The summed E-state index contributed by atoms with van der Waals surface area (Å²) in [5.41, 5.74) is 0. The van der Waals surface area contributed by atoms with Gasteiger partial charge in [-0.3, -0.25) is 0 Å². The average Bonchev–Trinajstić information content (AvgIpc) is 2.29. The number of piperidine rings is 1.